The maximum atomic E-state index is 12.5. The molecule has 0 spiro atoms. The first kappa shape index (κ1) is 22.2. The van der Waals surface area contributed by atoms with E-state index in [0.717, 1.165) is 34.0 Å². The van der Waals surface area contributed by atoms with E-state index in [1.807, 2.05) is 78.5 Å². The van der Waals surface area contributed by atoms with Gasteiger partial charge in [0.15, 0.2) is 0 Å². The molecule has 0 atom stereocenters. The van der Waals surface area contributed by atoms with Gasteiger partial charge < -0.3 is 19.2 Å². The zero-order valence-corrected chi connectivity index (χ0v) is 19.0. The van der Waals surface area contributed by atoms with E-state index in [4.69, 9.17) is 19.0 Å². The van der Waals surface area contributed by atoms with Crippen LogP contribution in [0.15, 0.2) is 71.3 Å². The third-order valence-corrected chi connectivity index (χ3v) is 5.35. The number of nitrogens with zero attached hydrogens (tertiary/aromatic N) is 2. The molecule has 7 heteroatoms. The molecule has 2 aromatic heterocycles. The number of furan rings is 1. The van der Waals surface area contributed by atoms with Crippen LogP contribution in [-0.4, -0.2) is 29.9 Å². The van der Waals surface area contributed by atoms with E-state index in [-0.39, 0.29) is 5.91 Å². The molecular formula is C26H27N3O4. The average Bonchev–Trinajstić information content (AvgIpc) is 3.47. The number of para-hydroxylation sites is 1. The van der Waals surface area contributed by atoms with Crippen LogP contribution in [0.1, 0.15) is 23.5 Å². The fourth-order valence-corrected chi connectivity index (χ4v) is 3.63. The number of amides is 1. The molecule has 0 unspecified atom stereocenters. The number of methoxy groups -OCH3 is 2. The van der Waals surface area contributed by atoms with Crippen LogP contribution in [0.5, 0.6) is 11.5 Å². The van der Waals surface area contributed by atoms with Crippen molar-refractivity contribution in [2.45, 2.75) is 26.3 Å². The summed E-state index contributed by atoms with van der Waals surface area (Å²) < 4.78 is 18.4. The van der Waals surface area contributed by atoms with Gasteiger partial charge in [-0.3, -0.25) is 4.79 Å². The van der Waals surface area contributed by atoms with Crippen molar-refractivity contribution in [3.63, 3.8) is 0 Å². The zero-order chi connectivity index (χ0) is 23.2. The van der Waals surface area contributed by atoms with Crippen LogP contribution in [0.2, 0.25) is 0 Å². The van der Waals surface area contributed by atoms with Crippen molar-refractivity contribution in [3.05, 3.63) is 83.9 Å². The van der Waals surface area contributed by atoms with Crippen molar-refractivity contribution >= 4 is 5.91 Å². The molecule has 0 aliphatic rings. The van der Waals surface area contributed by atoms with E-state index in [2.05, 4.69) is 5.32 Å². The number of rotatable bonds is 9. The SMILES string of the molecule is COc1ccc(OC)c(-c2nn(-c3ccccc3)cc2CCC(=O)NCc2ccc(C)o2)c1. The topological polar surface area (TPSA) is 78.5 Å². The molecule has 7 nitrogen and oxygen atoms in total. The second kappa shape index (κ2) is 10.1. The van der Waals surface area contributed by atoms with Gasteiger partial charge in [-0.2, -0.15) is 5.10 Å². The Morgan fingerprint density at radius 1 is 1.06 bits per heavy atom. The third kappa shape index (κ3) is 5.26. The molecule has 0 fully saturated rings. The Hall–Kier alpha value is -4.00. The average molecular weight is 446 g/mol. The normalized spacial score (nSPS) is 10.8. The second-order valence-corrected chi connectivity index (χ2v) is 7.64. The van der Waals surface area contributed by atoms with Crippen molar-refractivity contribution in [3.8, 4) is 28.4 Å². The lowest BCUT2D eigenvalue weighted by Crippen LogP contribution is -2.22. The second-order valence-electron chi connectivity index (χ2n) is 7.64. The van der Waals surface area contributed by atoms with Gasteiger partial charge >= 0.3 is 0 Å². The molecule has 0 radical (unpaired) electrons. The van der Waals surface area contributed by atoms with E-state index in [9.17, 15) is 4.79 Å². The lowest BCUT2D eigenvalue weighted by molar-refractivity contribution is -0.121. The summed E-state index contributed by atoms with van der Waals surface area (Å²) in [5, 5.41) is 7.76. The number of aromatic nitrogens is 2. The summed E-state index contributed by atoms with van der Waals surface area (Å²) in [5.74, 6) is 2.90. The maximum absolute atomic E-state index is 12.5. The number of benzene rings is 2. The Morgan fingerprint density at radius 3 is 2.58 bits per heavy atom. The van der Waals surface area contributed by atoms with Crippen LogP contribution in [0.3, 0.4) is 0 Å². The standard InChI is InChI=1S/C26H27N3O4/c1-18-9-11-22(33-18)16-27-25(30)14-10-19-17-29(20-7-5-4-6-8-20)28-26(19)23-15-21(31-2)12-13-24(23)32-3/h4-9,11-13,15,17H,10,14,16H2,1-3H3,(H,27,30). The molecule has 0 aliphatic heterocycles. The number of hydrogen-bond donors (Lipinski definition) is 1. The van der Waals surface area contributed by atoms with Crippen molar-refractivity contribution in [1.29, 1.82) is 0 Å². The van der Waals surface area contributed by atoms with Crippen LogP contribution >= 0.6 is 0 Å². The molecule has 0 aliphatic carbocycles. The molecule has 0 bridgehead atoms. The number of aryl methyl sites for hydroxylation is 2. The molecule has 2 aromatic carbocycles. The smallest absolute Gasteiger partial charge is 0.220 e. The van der Waals surface area contributed by atoms with Gasteiger partial charge in [-0.15, -0.1) is 0 Å². The highest BCUT2D eigenvalue weighted by Gasteiger charge is 2.18. The molecule has 1 N–H and O–H groups in total. The minimum Gasteiger partial charge on any atom is -0.497 e. The predicted octanol–water partition coefficient (Wildman–Crippen LogP) is 4.71. The number of carbonyl (C=O) groups is 1. The molecule has 170 valence electrons. The molecule has 4 rings (SSSR count). The molecule has 4 aromatic rings. The minimum absolute atomic E-state index is 0.0555. The molecule has 2 heterocycles. The van der Waals surface area contributed by atoms with E-state index in [1.165, 1.54) is 0 Å². The molecule has 0 saturated carbocycles. The molecule has 1 amide bonds. The zero-order valence-electron chi connectivity index (χ0n) is 19.0. The van der Waals surface area contributed by atoms with Crippen LogP contribution in [0.4, 0.5) is 0 Å². The largest absolute Gasteiger partial charge is 0.497 e. The van der Waals surface area contributed by atoms with Crippen molar-refractivity contribution in [2.24, 2.45) is 0 Å². The van der Waals surface area contributed by atoms with Crippen LogP contribution in [-0.2, 0) is 17.8 Å². The first-order valence-corrected chi connectivity index (χ1v) is 10.8. The minimum atomic E-state index is -0.0555. The first-order chi connectivity index (χ1) is 16.1. The summed E-state index contributed by atoms with van der Waals surface area (Å²) in [5.41, 5.74) is 3.44. The third-order valence-electron chi connectivity index (χ3n) is 5.35. The van der Waals surface area contributed by atoms with Gasteiger partial charge in [0.2, 0.25) is 5.91 Å². The van der Waals surface area contributed by atoms with Gasteiger partial charge in [0.1, 0.15) is 23.0 Å². The highest BCUT2D eigenvalue weighted by molar-refractivity contribution is 5.77. The number of nitrogens with one attached hydrogen (secondary N) is 1. The summed E-state index contributed by atoms with van der Waals surface area (Å²) in [6.07, 6.45) is 2.80. The monoisotopic (exact) mass is 445 g/mol. The first-order valence-electron chi connectivity index (χ1n) is 10.8. The van der Waals surface area contributed by atoms with Gasteiger partial charge in [-0.1, -0.05) is 18.2 Å². The van der Waals surface area contributed by atoms with E-state index in [0.29, 0.717) is 30.9 Å². The molecule has 0 saturated heterocycles. The molecule has 33 heavy (non-hydrogen) atoms. The summed E-state index contributed by atoms with van der Waals surface area (Å²) in [7, 11) is 3.25. The van der Waals surface area contributed by atoms with Gasteiger partial charge in [-0.05, 0) is 61.4 Å². The summed E-state index contributed by atoms with van der Waals surface area (Å²) >= 11 is 0. The van der Waals surface area contributed by atoms with Crippen LogP contribution < -0.4 is 14.8 Å². The Kier molecular flexibility index (Phi) is 6.78. The molecular weight excluding hydrogens is 418 g/mol. The number of ether oxygens (including phenoxy) is 2. The fourth-order valence-electron chi connectivity index (χ4n) is 3.63. The van der Waals surface area contributed by atoms with Gasteiger partial charge in [-0.25, -0.2) is 4.68 Å². The van der Waals surface area contributed by atoms with Gasteiger partial charge in [0.25, 0.3) is 0 Å². The van der Waals surface area contributed by atoms with E-state index >= 15 is 0 Å². The lowest BCUT2D eigenvalue weighted by Gasteiger charge is -2.10. The Balaban J connectivity index is 1.60. The summed E-state index contributed by atoms with van der Waals surface area (Å²) in [4.78, 5) is 12.5. The van der Waals surface area contributed by atoms with Crippen molar-refractivity contribution in [2.75, 3.05) is 14.2 Å². The van der Waals surface area contributed by atoms with Crippen LogP contribution in [0.25, 0.3) is 16.9 Å². The van der Waals surface area contributed by atoms with Gasteiger partial charge in [0.05, 0.1) is 32.1 Å². The maximum Gasteiger partial charge on any atom is 0.220 e. The Bertz CT molecular complexity index is 1230. The lowest BCUT2D eigenvalue weighted by atomic mass is 10.0. The Labute approximate surface area is 192 Å². The quantitative estimate of drug-likeness (QED) is 0.404. The van der Waals surface area contributed by atoms with Crippen LogP contribution in [0, 0.1) is 6.92 Å². The van der Waals surface area contributed by atoms with Crippen molar-refractivity contribution < 1.29 is 18.7 Å². The summed E-state index contributed by atoms with van der Waals surface area (Å²) in [6, 6.07) is 19.2. The van der Waals surface area contributed by atoms with Crippen molar-refractivity contribution in [1.82, 2.24) is 15.1 Å². The highest BCUT2D eigenvalue weighted by atomic mass is 16.5. The van der Waals surface area contributed by atoms with E-state index in [1.54, 1.807) is 14.2 Å². The Morgan fingerprint density at radius 2 is 1.88 bits per heavy atom. The fraction of sp³-hybridized carbons (Fsp3) is 0.231. The van der Waals surface area contributed by atoms with E-state index < -0.39 is 0 Å². The van der Waals surface area contributed by atoms with Gasteiger partial charge in [0, 0.05) is 18.2 Å². The number of hydrogen-bond acceptors (Lipinski definition) is 5. The highest BCUT2D eigenvalue weighted by Crippen LogP contribution is 2.35. The predicted molar refractivity (Wildman–Crippen MR) is 126 cm³/mol. The summed E-state index contributed by atoms with van der Waals surface area (Å²) in [6.45, 7) is 2.25. The number of carbonyl (C=O) groups excluding carboxylic acids is 1.